The molecule has 2 heterocycles. The number of carbonyl (C=O) groups is 4. The van der Waals surface area contributed by atoms with Crippen molar-refractivity contribution in [3.05, 3.63) is 122 Å². The molecular formula is C36H26N4O9. The number of carbonyl (C=O) groups excluding carboxylic acids is 4. The monoisotopic (exact) mass is 658 g/mol. The number of amides is 4. The first-order valence-electron chi connectivity index (χ1n) is 15.7. The van der Waals surface area contributed by atoms with Gasteiger partial charge in [0.15, 0.2) is 0 Å². The van der Waals surface area contributed by atoms with E-state index in [0.29, 0.717) is 16.5 Å². The summed E-state index contributed by atoms with van der Waals surface area (Å²) in [6, 6.07) is 21.0. The molecule has 0 aromatic heterocycles. The quantitative estimate of drug-likeness (QED) is 0.127. The maximum Gasteiger partial charge on any atom is 0.269 e. The Kier molecular flexibility index (Phi) is 6.70. The van der Waals surface area contributed by atoms with E-state index in [1.54, 1.807) is 18.2 Å². The lowest BCUT2D eigenvalue weighted by molar-refractivity contribution is -0.385. The fourth-order valence-electron chi connectivity index (χ4n) is 8.42. The van der Waals surface area contributed by atoms with E-state index in [9.17, 15) is 44.5 Å². The summed E-state index contributed by atoms with van der Waals surface area (Å²) in [5.74, 6) is -7.00. The third-order valence-corrected chi connectivity index (χ3v) is 10.6. The number of nitro benzene ring substituents is 2. The summed E-state index contributed by atoms with van der Waals surface area (Å²) in [4.78, 5) is 79.9. The number of nitro groups is 2. The first kappa shape index (κ1) is 30.1. The lowest BCUT2D eigenvalue weighted by Gasteiger charge is -2.44. The van der Waals surface area contributed by atoms with Crippen LogP contribution in [-0.2, 0) is 19.2 Å². The molecule has 3 fully saturated rings. The number of non-ortho nitro benzene ring substituents is 2. The number of aromatic hydroxyl groups is 1. The molecule has 0 spiro atoms. The number of benzene rings is 4. The number of allylic oxidation sites excluding steroid dienone is 2. The Hall–Kier alpha value is -6.24. The molecule has 4 aromatic carbocycles. The first-order valence-corrected chi connectivity index (χ1v) is 15.7. The highest BCUT2D eigenvalue weighted by molar-refractivity contribution is 6.24. The molecule has 6 atom stereocenters. The number of nitrogens with zero attached hydrogens (tertiary/aromatic N) is 4. The Balaban J connectivity index is 1.24. The number of fused-ring (bicyclic) bond motifs is 5. The zero-order valence-electron chi connectivity index (χ0n) is 25.5. The van der Waals surface area contributed by atoms with Crippen LogP contribution < -0.4 is 9.80 Å². The minimum Gasteiger partial charge on any atom is -0.507 e. The van der Waals surface area contributed by atoms with E-state index in [1.807, 2.05) is 24.3 Å². The van der Waals surface area contributed by atoms with E-state index in [0.717, 1.165) is 15.2 Å². The molecule has 2 aliphatic carbocycles. The van der Waals surface area contributed by atoms with E-state index in [1.165, 1.54) is 48.5 Å². The molecule has 0 radical (unpaired) electrons. The maximum absolute atomic E-state index is 14.3. The third kappa shape index (κ3) is 4.38. The van der Waals surface area contributed by atoms with Crippen LogP contribution in [0.4, 0.5) is 22.7 Å². The normalized spacial score (nSPS) is 26.0. The van der Waals surface area contributed by atoms with Crippen LogP contribution >= 0.6 is 0 Å². The van der Waals surface area contributed by atoms with Gasteiger partial charge in [0.1, 0.15) is 5.75 Å². The van der Waals surface area contributed by atoms with E-state index >= 15 is 0 Å². The number of rotatable bonds is 5. The second-order valence-electron chi connectivity index (χ2n) is 12.8. The Morgan fingerprint density at radius 3 is 1.78 bits per heavy atom. The van der Waals surface area contributed by atoms with Gasteiger partial charge in [-0.05, 0) is 48.4 Å². The average Bonchev–Trinajstić information content (AvgIpc) is 3.51. The summed E-state index contributed by atoms with van der Waals surface area (Å²) in [6.07, 6.45) is 2.13. The highest BCUT2D eigenvalue weighted by atomic mass is 16.6. The Morgan fingerprint density at radius 2 is 1.18 bits per heavy atom. The summed E-state index contributed by atoms with van der Waals surface area (Å²) in [7, 11) is 0. The Morgan fingerprint density at radius 1 is 0.633 bits per heavy atom. The molecule has 6 unspecified atom stereocenters. The number of phenols is 1. The van der Waals surface area contributed by atoms with E-state index < -0.39 is 69.0 Å². The van der Waals surface area contributed by atoms with Crippen LogP contribution in [0.15, 0.2) is 96.6 Å². The van der Waals surface area contributed by atoms with Gasteiger partial charge in [-0.1, -0.05) is 48.0 Å². The number of phenolic OH excluding ortho intramolecular Hbond substituents is 1. The molecule has 49 heavy (non-hydrogen) atoms. The zero-order chi connectivity index (χ0) is 34.3. The number of hydrogen-bond acceptors (Lipinski definition) is 9. The smallest absolute Gasteiger partial charge is 0.269 e. The minimum absolute atomic E-state index is 0.0547. The SMILES string of the molecule is O=C1C2CC=C3C(CC4C(=O)N(c5ccc([N+](=O)[O-])cc5)C(=O)C4C3c3ccc4ccccc4c3O)C2C(=O)N1c1ccc([N+](=O)[O-])cc1. The molecular weight excluding hydrogens is 632 g/mol. The molecule has 13 nitrogen and oxygen atoms in total. The Bertz CT molecular complexity index is 2180. The molecule has 0 bridgehead atoms. The van der Waals surface area contributed by atoms with Gasteiger partial charge in [0.25, 0.3) is 11.4 Å². The van der Waals surface area contributed by atoms with Crippen LogP contribution in [0.3, 0.4) is 0 Å². The molecule has 244 valence electrons. The number of imide groups is 2. The van der Waals surface area contributed by atoms with Crippen molar-refractivity contribution >= 4 is 57.2 Å². The van der Waals surface area contributed by atoms with Crippen LogP contribution in [0.25, 0.3) is 10.8 Å². The summed E-state index contributed by atoms with van der Waals surface area (Å²) in [5, 5.41) is 35.5. The highest BCUT2D eigenvalue weighted by Gasteiger charge is 2.62. The van der Waals surface area contributed by atoms with Crippen molar-refractivity contribution in [2.45, 2.75) is 18.8 Å². The van der Waals surface area contributed by atoms with Gasteiger partial charge in [0, 0.05) is 41.1 Å². The molecule has 13 heteroatoms. The first-order chi connectivity index (χ1) is 23.6. The second kappa shape index (κ2) is 10.9. The predicted octanol–water partition coefficient (Wildman–Crippen LogP) is 5.41. The van der Waals surface area contributed by atoms with Gasteiger partial charge in [0.2, 0.25) is 23.6 Å². The molecule has 4 aromatic rings. The van der Waals surface area contributed by atoms with Gasteiger partial charge in [-0.2, -0.15) is 0 Å². The van der Waals surface area contributed by atoms with Crippen molar-refractivity contribution in [3.8, 4) is 5.75 Å². The third-order valence-electron chi connectivity index (χ3n) is 10.6. The van der Waals surface area contributed by atoms with Gasteiger partial charge < -0.3 is 5.11 Å². The lowest BCUT2D eigenvalue weighted by atomic mass is 9.57. The minimum atomic E-state index is -0.952. The lowest BCUT2D eigenvalue weighted by Crippen LogP contribution is -2.43. The number of hydrogen-bond donors (Lipinski definition) is 1. The summed E-state index contributed by atoms with van der Waals surface area (Å²) in [5.41, 5.74) is 1.07. The van der Waals surface area contributed by atoms with Crippen molar-refractivity contribution in [1.82, 2.24) is 0 Å². The zero-order valence-corrected chi connectivity index (χ0v) is 25.5. The van der Waals surface area contributed by atoms with Gasteiger partial charge in [-0.15, -0.1) is 0 Å². The van der Waals surface area contributed by atoms with Crippen LogP contribution in [0, 0.1) is 49.8 Å². The molecule has 1 N–H and O–H groups in total. The summed E-state index contributed by atoms with van der Waals surface area (Å²) >= 11 is 0. The topological polar surface area (TPSA) is 181 Å². The van der Waals surface area contributed by atoms with Crippen molar-refractivity contribution in [2.24, 2.45) is 29.6 Å². The fraction of sp³-hybridized carbons (Fsp3) is 0.222. The van der Waals surface area contributed by atoms with Gasteiger partial charge in [-0.25, -0.2) is 0 Å². The molecule has 4 amide bonds. The van der Waals surface area contributed by atoms with Crippen LogP contribution in [0.5, 0.6) is 5.75 Å². The van der Waals surface area contributed by atoms with Crippen LogP contribution in [0.2, 0.25) is 0 Å². The molecule has 2 saturated heterocycles. The van der Waals surface area contributed by atoms with E-state index in [-0.39, 0.29) is 41.3 Å². The van der Waals surface area contributed by atoms with Gasteiger partial charge in [0.05, 0.1) is 44.9 Å². The van der Waals surface area contributed by atoms with Crippen LogP contribution in [-0.4, -0.2) is 38.6 Å². The summed E-state index contributed by atoms with van der Waals surface area (Å²) in [6.45, 7) is 0. The number of anilines is 2. The van der Waals surface area contributed by atoms with Crippen LogP contribution in [0.1, 0.15) is 24.3 Å². The predicted molar refractivity (Wildman–Crippen MR) is 174 cm³/mol. The van der Waals surface area contributed by atoms with Crippen molar-refractivity contribution < 1.29 is 34.1 Å². The molecule has 8 rings (SSSR count). The van der Waals surface area contributed by atoms with Crippen molar-refractivity contribution in [3.63, 3.8) is 0 Å². The highest BCUT2D eigenvalue weighted by Crippen LogP contribution is 2.59. The second-order valence-corrected chi connectivity index (χ2v) is 12.8. The van der Waals surface area contributed by atoms with Gasteiger partial charge in [-0.3, -0.25) is 49.2 Å². The standard InChI is InChI=1S/C36H26N4O9/c41-32-23-4-2-1-3-18(23)5-14-25(32)29-24-15-16-26-30(35(44)37(33(26)42)19-6-10-21(11-7-19)39(46)47)27(24)17-28-31(29)36(45)38(34(28)43)20-8-12-22(13-9-20)40(48)49/h1-15,26-31,41H,16-17H2. The largest absolute Gasteiger partial charge is 0.507 e. The maximum atomic E-state index is 14.3. The van der Waals surface area contributed by atoms with E-state index in [2.05, 4.69) is 0 Å². The molecule has 1 saturated carbocycles. The molecule has 2 aliphatic heterocycles. The molecule has 4 aliphatic rings. The van der Waals surface area contributed by atoms with Crippen molar-refractivity contribution in [2.75, 3.05) is 9.80 Å². The Labute approximate surface area is 277 Å². The van der Waals surface area contributed by atoms with E-state index in [4.69, 9.17) is 0 Å². The van der Waals surface area contributed by atoms with Gasteiger partial charge >= 0.3 is 0 Å². The van der Waals surface area contributed by atoms with Crippen molar-refractivity contribution in [1.29, 1.82) is 0 Å². The average molecular weight is 659 g/mol. The summed E-state index contributed by atoms with van der Waals surface area (Å²) < 4.78 is 0. The fourth-order valence-corrected chi connectivity index (χ4v) is 8.42.